The topological polar surface area (TPSA) is 163 Å². The summed E-state index contributed by atoms with van der Waals surface area (Å²) < 4.78 is 3.43. The molecular weight excluding hydrogens is 516 g/mol. The van der Waals surface area contributed by atoms with Gasteiger partial charge in [-0.25, -0.2) is 24.7 Å². The Morgan fingerprint density at radius 2 is 1.82 bits per heavy atom. The largest absolute Gasteiger partial charge is 0.355 e. The third-order valence-electron chi connectivity index (χ3n) is 7.67. The molecule has 6 rings (SSSR count). The van der Waals surface area contributed by atoms with Crippen molar-refractivity contribution < 1.29 is 9.59 Å². The molecule has 3 atom stereocenters. The number of nitrogens with zero attached hydrogens (tertiary/aromatic N) is 9. The van der Waals surface area contributed by atoms with Crippen molar-refractivity contribution in [2.24, 2.45) is 18.9 Å². The maximum Gasteiger partial charge on any atom is 0.332 e. The van der Waals surface area contributed by atoms with Crippen LogP contribution in [0.15, 0.2) is 40.7 Å². The highest BCUT2D eigenvalue weighted by Crippen LogP contribution is 2.45. The van der Waals surface area contributed by atoms with Gasteiger partial charge in [-0.05, 0) is 25.2 Å². The molecule has 5 heterocycles. The van der Waals surface area contributed by atoms with E-state index in [2.05, 4.69) is 35.1 Å². The van der Waals surface area contributed by atoms with Crippen LogP contribution in [0.5, 0.6) is 0 Å². The molecule has 2 fully saturated rings. The number of hydrogen-bond acceptors (Lipinski definition) is 10. The lowest BCUT2D eigenvalue weighted by Gasteiger charge is -2.18. The quantitative estimate of drug-likeness (QED) is 0.335. The van der Waals surface area contributed by atoms with Gasteiger partial charge >= 0.3 is 5.69 Å². The molecule has 206 valence electrons. The number of rotatable bonds is 8. The number of ketones is 1. The highest BCUT2D eigenvalue weighted by atomic mass is 16.2. The van der Waals surface area contributed by atoms with Crippen molar-refractivity contribution in [2.75, 3.05) is 23.3 Å². The molecule has 40 heavy (non-hydrogen) atoms. The SMILES string of the molecule is CCC(=O)Cn1c(=O)c2c(ncn2C(C)C(=O)Nc2cncc(-c3cnc(N4CC5CC5C4)cn3)n2)n(C)c1=O. The van der Waals surface area contributed by atoms with Crippen molar-refractivity contribution in [3.63, 3.8) is 0 Å². The normalized spacial score (nSPS) is 18.5. The fraction of sp³-hybridized carbons (Fsp3) is 0.423. The highest BCUT2D eigenvalue weighted by Gasteiger charge is 2.45. The van der Waals surface area contributed by atoms with Gasteiger partial charge in [-0.15, -0.1) is 0 Å². The molecule has 1 amide bonds. The fourth-order valence-corrected chi connectivity index (χ4v) is 5.12. The molecule has 0 radical (unpaired) electrons. The van der Waals surface area contributed by atoms with E-state index in [-0.39, 0.29) is 35.7 Å². The van der Waals surface area contributed by atoms with E-state index in [0.29, 0.717) is 11.4 Å². The van der Waals surface area contributed by atoms with Crippen LogP contribution in [0.2, 0.25) is 0 Å². The molecule has 2 aliphatic rings. The summed E-state index contributed by atoms with van der Waals surface area (Å²) >= 11 is 0. The van der Waals surface area contributed by atoms with Crippen molar-refractivity contribution >= 4 is 34.5 Å². The molecule has 0 bridgehead atoms. The molecule has 4 aromatic rings. The van der Waals surface area contributed by atoms with Crippen molar-refractivity contribution in [3.05, 3.63) is 52.0 Å². The first-order chi connectivity index (χ1) is 19.2. The zero-order valence-electron chi connectivity index (χ0n) is 22.3. The summed E-state index contributed by atoms with van der Waals surface area (Å²) in [5.41, 5.74) is -0.216. The number of carbonyl (C=O) groups excluding carboxylic acids is 2. The Balaban J connectivity index is 1.22. The number of Topliss-reactive ketones (excluding diaryl/α,β-unsaturated/α-hetero) is 1. The van der Waals surface area contributed by atoms with Gasteiger partial charge in [-0.3, -0.25) is 28.5 Å². The zero-order chi connectivity index (χ0) is 28.1. The fourth-order valence-electron chi connectivity index (χ4n) is 5.12. The summed E-state index contributed by atoms with van der Waals surface area (Å²) in [6.45, 7) is 4.93. The first-order valence-electron chi connectivity index (χ1n) is 13.1. The van der Waals surface area contributed by atoms with Crippen LogP contribution in [0.4, 0.5) is 11.6 Å². The maximum absolute atomic E-state index is 13.2. The predicted octanol–water partition coefficient (Wildman–Crippen LogP) is 0.779. The van der Waals surface area contributed by atoms with Gasteiger partial charge in [0.15, 0.2) is 22.8 Å². The number of imidazole rings is 1. The summed E-state index contributed by atoms with van der Waals surface area (Å²) in [7, 11) is 1.46. The summed E-state index contributed by atoms with van der Waals surface area (Å²) in [6.07, 6.45) is 9.14. The van der Waals surface area contributed by atoms with Crippen molar-refractivity contribution in [1.82, 2.24) is 38.6 Å². The van der Waals surface area contributed by atoms with Crippen molar-refractivity contribution in [1.29, 1.82) is 0 Å². The molecule has 0 spiro atoms. The predicted molar refractivity (Wildman–Crippen MR) is 145 cm³/mol. The molecule has 1 saturated heterocycles. The lowest BCUT2D eigenvalue weighted by molar-refractivity contribution is -0.120. The van der Waals surface area contributed by atoms with Crippen LogP contribution >= 0.6 is 0 Å². The lowest BCUT2D eigenvalue weighted by Crippen LogP contribution is -2.41. The van der Waals surface area contributed by atoms with E-state index < -0.39 is 23.2 Å². The Bertz CT molecular complexity index is 1750. The van der Waals surface area contributed by atoms with Gasteiger partial charge in [-0.2, -0.15) is 0 Å². The van der Waals surface area contributed by atoms with E-state index in [0.717, 1.165) is 35.3 Å². The van der Waals surface area contributed by atoms with E-state index in [9.17, 15) is 19.2 Å². The first kappa shape index (κ1) is 25.5. The average Bonchev–Trinajstić information content (AvgIpc) is 3.35. The number of aryl methyl sites for hydroxylation is 1. The highest BCUT2D eigenvalue weighted by molar-refractivity contribution is 5.93. The van der Waals surface area contributed by atoms with Gasteiger partial charge in [0.1, 0.15) is 23.2 Å². The second-order valence-electron chi connectivity index (χ2n) is 10.3. The van der Waals surface area contributed by atoms with Crippen LogP contribution in [-0.2, 0) is 23.2 Å². The standard InChI is InChI=1S/C26H28N10O4/c1-4-17(37)12-35-25(39)22-23(33(3)26(35)40)30-13-36(22)14(2)24(38)32-20-8-27-6-19(31-20)18-7-29-21(9-28-18)34-10-15-5-16(15)11-34/h6-9,13-16H,4-5,10-12H2,1-3H3,(H,31,32,38). The number of aromatic nitrogens is 8. The molecular formula is C26H28N10O4. The number of anilines is 2. The van der Waals surface area contributed by atoms with E-state index in [1.54, 1.807) is 26.2 Å². The van der Waals surface area contributed by atoms with E-state index in [4.69, 9.17) is 0 Å². The van der Waals surface area contributed by atoms with Crippen LogP contribution in [0.25, 0.3) is 22.6 Å². The van der Waals surface area contributed by atoms with Crippen LogP contribution in [0, 0.1) is 11.8 Å². The van der Waals surface area contributed by atoms with Crippen LogP contribution in [0.1, 0.15) is 32.7 Å². The number of nitrogens with one attached hydrogen (secondary N) is 1. The molecule has 14 nitrogen and oxygen atoms in total. The maximum atomic E-state index is 13.2. The lowest BCUT2D eigenvalue weighted by atomic mass is 10.3. The van der Waals surface area contributed by atoms with Crippen LogP contribution in [0.3, 0.4) is 0 Å². The summed E-state index contributed by atoms with van der Waals surface area (Å²) in [4.78, 5) is 75.2. The molecule has 4 aromatic heterocycles. The van der Waals surface area contributed by atoms with Crippen LogP contribution in [-0.4, -0.2) is 63.4 Å². The monoisotopic (exact) mass is 544 g/mol. The van der Waals surface area contributed by atoms with E-state index in [1.807, 2.05) is 0 Å². The Morgan fingerprint density at radius 1 is 1.05 bits per heavy atom. The number of carbonyl (C=O) groups is 2. The minimum absolute atomic E-state index is 0.0409. The van der Waals surface area contributed by atoms with Crippen molar-refractivity contribution in [3.8, 4) is 11.4 Å². The first-order valence-corrected chi connectivity index (χ1v) is 13.1. The van der Waals surface area contributed by atoms with Crippen molar-refractivity contribution in [2.45, 2.75) is 39.3 Å². The molecule has 0 aromatic carbocycles. The Hall–Kier alpha value is -4.75. The van der Waals surface area contributed by atoms with Crippen LogP contribution < -0.4 is 21.5 Å². The Kier molecular flexibility index (Phi) is 6.24. The Morgan fingerprint density at radius 3 is 2.52 bits per heavy atom. The zero-order valence-corrected chi connectivity index (χ0v) is 22.3. The molecule has 1 N–H and O–H groups in total. The van der Waals surface area contributed by atoms with Gasteiger partial charge in [-0.1, -0.05) is 6.92 Å². The van der Waals surface area contributed by atoms with Gasteiger partial charge in [0, 0.05) is 26.6 Å². The van der Waals surface area contributed by atoms with Gasteiger partial charge < -0.3 is 14.8 Å². The molecule has 1 saturated carbocycles. The number of fused-ring (bicyclic) bond motifs is 2. The second kappa shape index (κ2) is 9.77. The number of piperidine rings is 1. The van der Waals surface area contributed by atoms with Gasteiger partial charge in [0.05, 0.1) is 37.7 Å². The van der Waals surface area contributed by atoms with Gasteiger partial charge in [0.2, 0.25) is 5.91 Å². The molecule has 14 heteroatoms. The third-order valence-corrected chi connectivity index (χ3v) is 7.67. The molecule has 1 aliphatic heterocycles. The molecule has 3 unspecified atom stereocenters. The second-order valence-corrected chi connectivity index (χ2v) is 10.3. The summed E-state index contributed by atoms with van der Waals surface area (Å²) in [5.74, 6) is 1.86. The van der Waals surface area contributed by atoms with E-state index >= 15 is 0 Å². The minimum Gasteiger partial charge on any atom is -0.355 e. The summed E-state index contributed by atoms with van der Waals surface area (Å²) in [5, 5.41) is 2.72. The van der Waals surface area contributed by atoms with E-state index in [1.165, 1.54) is 41.3 Å². The molecule has 1 aliphatic carbocycles. The third kappa shape index (κ3) is 4.44. The Labute approximate surface area is 227 Å². The summed E-state index contributed by atoms with van der Waals surface area (Å²) in [6, 6.07) is -0.901. The minimum atomic E-state index is -0.901. The smallest absolute Gasteiger partial charge is 0.332 e. The number of amides is 1. The average molecular weight is 545 g/mol. The van der Waals surface area contributed by atoms with Gasteiger partial charge in [0.25, 0.3) is 5.56 Å². The number of hydrogen-bond donors (Lipinski definition) is 1.